The van der Waals surface area contributed by atoms with Crippen molar-refractivity contribution in [3.63, 3.8) is 0 Å². The average Bonchev–Trinajstić information content (AvgIpc) is 3.95. The second-order valence-electron chi connectivity index (χ2n) is 13.7. The number of nitrogens with zero attached hydrogens (tertiary/aromatic N) is 5. The van der Waals surface area contributed by atoms with Crippen molar-refractivity contribution in [2.24, 2.45) is 17.8 Å². The molecule has 1 aliphatic heterocycles. The van der Waals surface area contributed by atoms with E-state index >= 15 is 0 Å². The molecule has 274 valence electrons. The second kappa shape index (κ2) is 14.4. The van der Waals surface area contributed by atoms with Gasteiger partial charge in [0.1, 0.15) is 23.4 Å². The minimum Gasteiger partial charge on any atom is -0.497 e. The fourth-order valence-electron chi connectivity index (χ4n) is 5.85. The Kier molecular flexibility index (Phi) is 10.6. The van der Waals surface area contributed by atoms with Crippen LogP contribution < -0.4 is 20.1 Å². The Hall–Kier alpha value is -4.42. The maximum absolute atomic E-state index is 14.1. The summed E-state index contributed by atoms with van der Waals surface area (Å²) in [5.74, 6) is -4.11. The molecule has 2 aliphatic carbocycles. The van der Waals surface area contributed by atoms with E-state index in [2.05, 4.69) is 26.0 Å². The van der Waals surface area contributed by atoms with Crippen molar-refractivity contribution in [1.29, 1.82) is 0 Å². The Morgan fingerprint density at radius 1 is 1.08 bits per heavy atom. The third-order valence-corrected chi connectivity index (χ3v) is 10.8. The van der Waals surface area contributed by atoms with Crippen LogP contribution in [0.4, 0.5) is 13.6 Å². The minimum atomic E-state index is -4.12. The molecule has 2 heterocycles. The maximum Gasteiger partial charge on any atom is 0.407 e. The molecular weight excluding hydrogens is 682 g/mol. The first kappa shape index (κ1) is 36.9. The van der Waals surface area contributed by atoms with Crippen molar-refractivity contribution >= 4 is 33.8 Å². The molecule has 5 rings (SSSR count). The van der Waals surface area contributed by atoms with Crippen molar-refractivity contribution in [3.8, 4) is 17.1 Å². The van der Waals surface area contributed by atoms with Crippen LogP contribution in [0, 0.1) is 17.8 Å². The Labute approximate surface area is 288 Å². The van der Waals surface area contributed by atoms with Crippen LogP contribution >= 0.6 is 0 Å². The number of carbonyl (C=O) groups excluding carboxylic acids is 4. The van der Waals surface area contributed by atoms with Crippen LogP contribution in [0.15, 0.2) is 24.3 Å². The summed E-state index contributed by atoms with van der Waals surface area (Å²) >= 11 is 0. The van der Waals surface area contributed by atoms with Crippen LogP contribution in [0.2, 0.25) is 0 Å². The Morgan fingerprint density at radius 3 is 2.32 bits per heavy atom. The molecule has 3 aliphatic rings. The van der Waals surface area contributed by atoms with Gasteiger partial charge < -0.3 is 25.0 Å². The largest absolute Gasteiger partial charge is 0.497 e. The van der Waals surface area contributed by atoms with E-state index in [1.54, 1.807) is 38.1 Å². The molecule has 50 heavy (non-hydrogen) atoms. The molecular formula is C31H42F2N8O8S. The number of amides is 4. The number of ether oxygens (including phenoxy) is 2. The lowest BCUT2D eigenvalue weighted by Crippen LogP contribution is -2.59. The number of hydrogen-bond acceptors (Lipinski definition) is 11. The lowest BCUT2D eigenvalue weighted by molar-refractivity contribution is -0.142. The number of methoxy groups -OCH3 is 1. The van der Waals surface area contributed by atoms with Gasteiger partial charge in [-0.2, -0.15) is 4.80 Å². The molecule has 2 saturated carbocycles. The summed E-state index contributed by atoms with van der Waals surface area (Å²) in [6, 6.07) is 3.63. The molecule has 2 aromatic rings. The number of halogens is 2. The SMILES string of the molecule is COc1ccc(-c2nnn([C@@H]3CC(C(=O)N[C@@]4(C(=O)NS(=O)(=O)C5CC5)C[C@H]4C(F)F)N(C(=O)[C@@H](NC(=O)OCC(C)C)C(C)C)C3)n2)cc1. The summed E-state index contributed by atoms with van der Waals surface area (Å²) in [6.45, 7) is 7.02. The molecule has 1 saturated heterocycles. The van der Waals surface area contributed by atoms with Gasteiger partial charge in [0.15, 0.2) is 0 Å². The van der Waals surface area contributed by atoms with Gasteiger partial charge >= 0.3 is 6.09 Å². The summed E-state index contributed by atoms with van der Waals surface area (Å²) in [5.41, 5.74) is -1.59. The third kappa shape index (κ3) is 7.97. The van der Waals surface area contributed by atoms with E-state index < -0.39 is 87.4 Å². The molecule has 1 unspecified atom stereocenters. The average molecular weight is 725 g/mol. The zero-order valence-electron chi connectivity index (χ0n) is 28.3. The van der Waals surface area contributed by atoms with Gasteiger partial charge in [-0.1, -0.05) is 27.7 Å². The summed E-state index contributed by atoms with van der Waals surface area (Å²) in [6.07, 6.45) is -3.84. The van der Waals surface area contributed by atoms with E-state index in [0.29, 0.717) is 24.2 Å². The van der Waals surface area contributed by atoms with Crippen LogP contribution in [0.3, 0.4) is 0 Å². The van der Waals surface area contributed by atoms with E-state index in [0.717, 1.165) is 0 Å². The van der Waals surface area contributed by atoms with Gasteiger partial charge in [0.25, 0.3) is 5.91 Å². The summed E-state index contributed by atoms with van der Waals surface area (Å²) in [7, 11) is -2.59. The topological polar surface area (TPSA) is 204 Å². The van der Waals surface area contributed by atoms with E-state index in [4.69, 9.17) is 9.47 Å². The Morgan fingerprint density at radius 2 is 1.76 bits per heavy atom. The van der Waals surface area contributed by atoms with Gasteiger partial charge in [0.05, 0.1) is 30.9 Å². The molecule has 3 fully saturated rings. The highest BCUT2D eigenvalue weighted by Crippen LogP contribution is 2.48. The molecule has 3 N–H and O–H groups in total. The minimum absolute atomic E-state index is 0.0302. The zero-order valence-corrected chi connectivity index (χ0v) is 29.2. The number of benzene rings is 1. The van der Waals surface area contributed by atoms with Crippen LogP contribution in [0.25, 0.3) is 11.4 Å². The maximum atomic E-state index is 14.1. The number of aromatic nitrogens is 4. The smallest absolute Gasteiger partial charge is 0.407 e. The van der Waals surface area contributed by atoms with Crippen molar-refractivity contribution in [2.75, 3.05) is 20.3 Å². The van der Waals surface area contributed by atoms with Gasteiger partial charge in [0, 0.05) is 18.5 Å². The van der Waals surface area contributed by atoms with Crippen molar-refractivity contribution < 1.29 is 45.9 Å². The first-order valence-electron chi connectivity index (χ1n) is 16.4. The normalized spacial score (nSPS) is 23.9. The van der Waals surface area contributed by atoms with Gasteiger partial charge in [0.2, 0.25) is 34.1 Å². The van der Waals surface area contributed by atoms with Crippen LogP contribution in [-0.2, 0) is 29.1 Å². The standard InChI is InChI=1S/C31H42F2N8O8S/c1-16(2)15-49-30(45)34-24(17(3)4)28(43)40-14-19(41-37-26(36-39-41)18-6-8-20(48-5)9-7-18)12-23(40)27(42)35-31(13-22(31)25(32)33)29(44)38-50(46,47)21-10-11-21/h6-9,16-17,19,21-25H,10-15H2,1-5H3,(H,34,45)(H,35,42)(H,38,44)/t19-,22+,23?,24+,31+/m1/s1. The van der Waals surface area contributed by atoms with Crippen molar-refractivity contribution in [2.45, 2.75) is 88.7 Å². The van der Waals surface area contributed by atoms with Crippen LogP contribution in [0.1, 0.15) is 59.4 Å². The Bertz CT molecular complexity index is 1700. The number of likely N-dealkylation sites (tertiary alicyclic amines) is 1. The fraction of sp³-hybridized carbons (Fsp3) is 0.645. The molecule has 4 amide bonds. The van der Waals surface area contributed by atoms with E-state index in [-0.39, 0.29) is 31.3 Å². The number of carbonyl (C=O) groups is 4. The van der Waals surface area contributed by atoms with Gasteiger partial charge in [-0.25, -0.2) is 22.0 Å². The number of tetrazole rings is 1. The number of sulfonamides is 1. The number of alkyl carbamates (subject to hydrolysis) is 1. The van der Waals surface area contributed by atoms with E-state index in [9.17, 15) is 36.4 Å². The summed E-state index contributed by atoms with van der Waals surface area (Å²) in [4.78, 5) is 56.4. The molecule has 5 atom stereocenters. The Balaban J connectivity index is 1.41. The van der Waals surface area contributed by atoms with Gasteiger partial charge in [-0.15, -0.1) is 10.2 Å². The summed E-state index contributed by atoms with van der Waals surface area (Å²) < 4.78 is 65.3. The molecule has 0 radical (unpaired) electrons. The lowest BCUT2D eigenvalue weighted by Gasteiger charge is -2.31. The quantitative estimate of drug-likeness (QED) is 0.256. The van der Waals surface area contributed by atoms with E-state index in [1.807, 2.05) is 18.6 Å². The zero-order chi connectivity index (χ0) is 36.5. The lowest BCUT2D eigenvalue weighted by atomic mass is 10.0. The number of hydrogen-bond donors (Lipinski definition) is 3. The first-order chi connectivity index (χ1) is 23.6. The van der Waals surface area contributed by atoms with E-state index in [1.165, 1.54) is 16.8 Å². The predicted molar refractivity (Wildman–Crippen MR) is 172 cm³/mol. The van der Waals surface area contributed by atoms with Crippen molar-refractivity contribution in [3.05, 3.63) is 24.3 Å². The first-order valence-corrected chi connectivity index (χ1v) is 17.9. The third-order valence-electron chi connectivity index (χ3n) is 8.99. The number of rotatable bonds is 14. The highest BCUT2D eigenvalue weighted by atomic mass is 32.2. The molecule has 1 aromatic carbocycles. The molecule has 1 aromatic heterocycles. The molecule has 0 spiro atoms. The highest BCUT2D eigenvalue weighted by Gasteiger charge is 2.66. The van der Waals surface area contributed by atoms with Crippen LogP contribution in [0.5, 0.6) is 5.75 Å². The second-order valence-corrected chi connectivity index (χ2v) is 15.7. The monoisotopic (exact) mass is 724 g/mol. The number of nitrogens with one attached hydrogen (secondary N) is 3. The van der Waals surface area contributed by atoms with Gasteiger partial charge in [-0.3, -0.25) is 19.1 Å². The van der Waals surface area contributed by atoms with Crippen LogP contribution in [-0.4, -0.2) is 107 Å². The predicted octanol–water partition coefficient (Wildman–Crippen LogP) is 1.65. The fourth-order valence-corrected chi connectivity index (χ4v) is 7.21. The highest BCUT2D eigenvalue weighted by molar-refractivity contribution is 7.91. The number of alkyl halides is 2. The summed E-state index contributed by atoms with van der Waals surface area (Å²) in [5, 5.41) is 16.8. The molecule has 19 heteroatoms. The van der Waals surface area contributed by atoms with Gasteiger partial charge in [-0.05, 0) is 60.6 Å². The van der Waals surface area contributed by atoms with Crippen molar-refractivity contribution in [1.82, 2.24) is 40.5 Å². The molecule has 0 bridgehead atoms. The molecule has 16 nitrogen and oxygen atoms in total.